The van der Waals surface area contributed by atoms with Gasteiger partial charge in [-0.25, -0.2) is 15.0 Å². The second-order valence-corrected chi connectivity index (χ2v) is 8.14. The van der Waals surface area contributed by atoms with Gasteiger partial charge in [0.2, 0.25) is 5.95 Å². The van der Waals surface area contributed by atoms with Gasteiger partial charge >= 0.3 is 0 Å². The lowest BCUT2D eigenvalue weighted by atomic mass is 9.93. The van der Waals surface area contributed by atoms with Crippen molar-refractivity contribution in [1.29, 1.82) is 0 Å². The molecule has 0 radical (unpaired) electrons. The van der Waals surface area contributed by atoms with Crippen molar-refractivity contribution in [1.82, 2.24) is 19.4 Å². The lowest BCUT2D eigenvalue weighted by molar-refractivity contribution is 0.573. The number of rotatable bonds is 2. The molecule has 1 aliphatic heterocycles. The van der Waals surface area contributed by atoms with Crippen molar-refractivity contribution < 1.29 is 0 Å². The van der Waals surface area contributed by atoms with Gasteiger partial charge in [0.05, 0.1) is 28.8 Å². The average molecular weight is 371 g/mol. The van der Waals surface area contributed by atoms with Crippen molar-refractivity contribution in [2.24, 2.45) is 0 Å². The minimum Gasteiger partial charge on any atom is -0.367 e. The molecule has 26 heavy (non-hydrogen) atoms. The fourth-order valence-electron chi connectivity index (χ4n) is 3.16. The Hall–Kier alpha value is -2.34. The van der Waals surface area contributed by atoms with Crippen molar-refractivity contribution in [3.05, 3.63) is 47.6 Å². The number of halogens is 1. The van der Waals surface area contributed by atoms with Crippen molar-refractivity contribution in [2.75, 3.05) is 36.0 Å². The van der Waals surface area contributed by atoms with E-state index in [9.17, 15) is 0 Å². The van der Waals surface area contributed by atoms with E-state index < -0.39 is 0 Å². The van der Waals surface area contributed by atoms with Gasteiger partial charge < -0.3 is 14.2 Å². The van der Waals surface area contributed by atoms with Crippen molar-refractivity contribution in [2.45, 2.75) is 26.2 Å². The lowest BCUT2D eigenvalue weighted by Crippen LogP contribution is -2.47. The molecule has 1 saturated heterocycles. The van der Waals surface area contributed by atoms with Crippen LogP contribution in [0.3, 0.4) is 0 Å². The third-order valence-corrected chi connectivity index (χ3v) is 4.93. The van der Waals surface area contributed by atoms with Gasteiger partial charge in [-0.05, 0) is 12.1 Å². The Kier molecular flexibility index (Phi) is 4.23. The summed E-state index contributed by atoms with van der Waals surface area (Å²) >= 11 is 5.87. The molecule has 1 aliphatic rings. The van der Waals surface area contributed by atoms with Crippen molar-refractivity contribution in [3.8, 4) is 0 Å². The third-order valence-electron chi connectivity index (χ3n) is 4.74. The van der Waals surface area contributed by atoms with Crippen LogP contribution >= 0.6 is 11.6 Å². The summed E-state index contributed by atoms with van der Waals surface area (Å²) in [7, 11) is 0. The Morgan fingerprint density at radius 2 is 1.58 bits per heavy atom. The first-order chi connectivity index (χ1) is 12.4. The quantitative estimate of drug-likeness (QED) is 0.692. The SMILES string of the molecule is CC(C)(C)c1cn2cc(N3CCN(c4ncc(Cl)cn4)CC3)ccc2n1. The number of pyridine rings is 1. The van der Waals surface area contributed by atoms with Gasteiger partial charge in [0.1, 0.15) is 5.65 Å². The molecule has 136 valence electrons. The van der Waals surface area contributed by atoms with E-state index in [1.807, 2.05) is 0 Å². The minimum absolute atomic E-state index is 0.0520. The van der Waals surface area contributed by atoms with E-state index >= 15 is 0 Å². The number of anilines is 2. The van der Waals surface area contributed by atoms with Gasteiger partial charge in [0.15, 0.2) is 0 Å². The molecule has 7 heteroatoms. The van der Waals surface area contributed by atoms with Gasteiger partial charge in [0.25, 0.3) is 0 Å². The molecular weight excluding hydrogens is 348 g/mol. The fraction of sp³-hybridized carbons (Fsp3) is 0.421. The van der Waals surface area contributed by atoms with Crippen molar-refractivity contribution >= 4 is 28.9 Å². The molecular formula is C19H23ClN6. The van der Waals surface area contributed by atoms with Crippen LogP contribution in [0.1, 0.15) is 26.5 Å². The van der Waals surface area contributed by atoms with Crippen LogP contribution in [0.2, 0.25) is 5.02 Å². The highest BCUT2D eigenvalue weighted by Crippen LogP contribution is 2.24. The van der Waals surface area contributed by atoms with Crippen LogP contribution < -0.4 is 9.80 Å². The number of hydrogen-bond acceptors (Lipinski definition) is 5. The predicted molar refractivity (Wildman–Crippen MR) is 105 cm³/mol. The summed E-state index contributed by atoms with van der Waals surface area (Å²) in [6.45, 7) is 10.2. The van der Waals surface area contributed by atoms with Crippen molar-refractivity contribution in [3.63, 3.8) is 0 Å². The highest BCUT2D eigenvalue weighted by Gasteiger charge is 2.21. The zero-order valence-electron chi connectivity index (χ0n) is 15.4. The molecule has 0 N–H and O–H groups in total. The number of aromatic nitrogens is 4. The Labute approximate surface area is 158 Å². The maximum atomic E-state index is 5.87. The average Bonchev–Trinajstić information content (AvgIpc) is 3.06. The monoisotopic (exact) mass is 370 g/mol. The lowest BCUT2D eigenvalue weighted by Gasteiger charge is -2.36. The molecule has 4 heterocycles. The van der Waals surface area contributed by atoms with Crippen LogP contribution in [0.25, 0.3) is 5.65 Å². The number of nitrogens with zero attached hydrogens (tertiary/aromatic N) is 6. The second kappa shape index (κ2) is 6.43. The summed E-state index contributed by atoms with van der Waals surface area (Å²) in [4.78, 5) is 18.0. The predicted octanol–water partition coefficient (Wildman–Crippen LogP) is 3.40. The smallest absolute Gasteiger partial charge is 0.225 e. The number of fused-ring (bicyclic) bond motifs is 1. The number of hydrogen-bond donors (Lipinski definition) is 0. The normalized spacial score (nSPS) is 15.7. The standard InChI is InChI=1S/C19H23ClN6/c1-19(2,3)16-13-26-12-15(4-5-17(26)23-16)24-6-8-25(9-7-24)18-21-10-14(20)11-22-18/h4-5,10-13H,6-9H2,1-3H3. The van der Waals surface area contributed by atoms with E-state index in [-0.39, 0.29) is 5.41 Å². The molecule has 0 aliphatic carbocycles. The maximum Gasteiger partial charge on any atom is 0.225 e. The van der Waals surface area contributed by atoms with E-state index in [0.717, 1.165) is 43.5 Å². The van der Waals surface area contributed by atoms with E-state index in [4.69, 9.17) is 16.6 Å². The molecule has 0 aromatic carbocycles. The largest absolute Gasteiger partial charge is 0.367 e. The van der Waals surface area contributed by atoms with Gasteiger partial charge in [-0.2, -0.15) is 0 Å². The number of imidazole rings is 1. The molecule has 0 atom stereocenters. The molecule has 0 saturated carbocycles. The van der Waals surface area contributed by atoms with Crippen LogP contribution in [-0.2, 0) is 5.41 Å². The molecule has 6 nitrogen and oxygen atoms in total. The van der Waals surface area contributed by atoms with E-state index in [0.29, 0.717) is 5.02 Å². The highest BCUT2D eigenvalue weighted by atomic mass is 35.5. The van der Waals surface area contributed by atoms with Gasteiger partial charge in [-0.15, -0.1) is 0 Å². The molecule has 0 amide bonds. The van der Waals surface area contributed by atoms with E-state index in [1.54, 1.807) is 12.4 Å². The van der Waals surface area contributed by atoms with E-state index in [2.05, 4.69) is 69.5 Å². The fourth-order valence-corrected chi connectivity index (χ4v) is 3.26. The highest BCUT2D eigenvalue weighted by molar-refractivity contribution is 6.30. The van der Waals surface area contributed by atoms with E-state index in [1.165, 1.54) is 5.69 Å². The Morgan fingerprint density at radius 3 is 2.23 bits per heavy atom. The second-order valence-electron chi connectivity index (χ2n) is 7.70. The molecule has 3 aromatic heterocycles. The summed E-state index contributed by atoms with van der Waals surface area (Å²) < 4.78 is 2.13. The molecule has 0 bridgehead atoms. The van der Waals surface area contributed by atoms with Crippen LogP contribution in [-0.4, -0.2) is 45.5 Å². The summed E-state index contributed by atoms with van der Waals surface area (Å²) in [5, 5.41) is 0.565. The molecule has 4 rings (SSSR count). The summed E-state index contributed by atoms with van der Waals surface area (Å²) in [5.74, 6) is 0.744. The molecule has 1 fully saturated rings. The molecule has 0 spiro atoms. The topological polar surface area (TPSA) is 49.6 Å². The maximum absolute atomic E-state index is 5.87. The Bertz CT molecular complexity index is 904. The van der Waals surface area contributed by atoms with Gasteiger partial charge in [0, 0.05) is 44.0 Å². The zero-order valence-corrected chi connectivity index (χ0v) is 16.1. The first-order valence-corrected chi connectivity index (χ1v) is 9.25. The molecule has 3 aromatic rings. The first kappa shape index (κ1) is 17.1. The number of piperazine rings is 1. The summed E-state index contributed by atoms with van der Waals surface area (Å²) in [6, 6.07) is 4.25. The van der Waals surface area contributed by atoms with Crippen LogP contribution in [0.5, 0.6) is 0 Å². The minimum atomic E-state index is 0.0520. The summed E-state index contributed by atoms with van der Waals surface area (Å²) in [5.41, 5.74) is 3.37. The van der Waals surface area contributed by atoms with Gasteiger partial charge in [-0.1, -0.05) is 32.4 Å². The first-order valence-electron chi connectivity index (χ1n) is 8.87. The Balaban J connectivity index is 1.49. The van der Waals surface area contributed by atoms with Gasteiger partial charge in [-0.3, -0.25) is 0 Å². The molecule has 0 unspecified atom stereocenters. The van der Waals surface area contributed by atoms with Crippen LogP contribution in [0.4, 0.5) is 11.6 Å². The summed E-state index contributed by atoms with van der Waals surface area (Å²) in [6.07, 6.45) is 7.61. The van der Waals surface area contributed by atoms with Crippen LogP contribution in [0, 0.1) is 0 Å². The Morgan fingerprint density at radius 1 is 0.923 bits per heavy atom. The van der Waals surface area contributed by atoms with Crippen LogP contribution in [0.15, 0.2) is 36.9 Å². The third kappa shape index (κ3) is 3.33. The zero-order chi connectivity index (χ0) is 18.3.